The summed E-state index contributed by atoms with van der Waals surface area (Å²) in [6, 6.07) is 14.6. The number of aliphatic imine (C=N–C) groups is 1. The topological polar surface area (TPSA) is 131 Å². The highest BCUT2D eigenvalue weighted by atomic mass is 35.5. The lowest BCUT2D eigenvalue weighted by molar-refractivity contribution is -0.113. The first kappa shape index (κ1) is 25.2. The van der Waals surface area contributed by atoms with E-state index in [1.54, 1.807) is 49.4 Å². The van der Waals surface area contributed by atoms with Crippen LogP contribution in [0.5, 0.6) is 0 Å². The molecule has 1 unspecified atom stereocenters. The number of amides is 1. The molecule has 0 aliphatic carbocycles. The van der Waals surface area contributed by atoms with Gasteiger partial charge in [0.05, 0.1) is 23.3 Å². The minimum Gasteiger partial charge on any atom is -0.465 e. The van der Waals surface area contributed by atoms with Crippen molar-refractivity contribution in [3.63, 3.8) is 0 Å². The normalized spacial score (nSPS) is 15.1. The summed E-state index contributed by atoms with van der Waals surface area (Å²) in [6.07, 6.45) is 1.40. The second kappa shape index (κ2) is 10.5. The van der Waals surface area contributed by atoms with Crippen LogP contribution in [-0.2, 0) is 9.53 Å². The number of nitrogens with one attached hydrogen (secondary N) is 3. The van der Waals surface area contributed by atoms with E-state index >= 15 is 0 Å². The molecule has 1 atom stereocenters. The van der Waals surface area contributed by atoms with Gasteiger partial charge in [-0.05, 0) is 37.3 Å². The van der Waals surface area contributed by atoms with Crippen molar-refractivity contribution >= 4 is 64.0 Å². The average Bonchev–Trinajstić information content (AvgIpc) is 3.32. The maximum Gasteiger partial charge on any atom is 0.338 e. The fraction of sp³-hybridized carbons (Fsp3) is 0.115. The van der Waals surface area contributed by atoms with Gasteiger partial charge in [-0.2, -0.15) is 4.98 Å². The highest BCUT2D eigenvalue weighted by molar-refractivity contribution is 6.34. The van der Waals surface area contributed by atoms with Gasteiger partial charge in [0.15, 0.2) is 5.58 Å². The molecule has 38 heavy (non-hydrogen) atoms. The number of para-hydroxylation sites is 1. The largest absolute Gasteiger partial charge is 0.465 e. The second-order valence-electron chi connectivity index (χ2n) is 8.17. The van der Waals surface area contributed by atoms with Crippen LogP contribution in [0.4, 0.5) is 11.8 Å². The Kier molecular flexibility index (Phi) is 6.99. The summed E-state index contributed by atoms with van der Waals surface area (Å²) in [5.74, 6) is -0.567. The van der Waals surface area contributed by atoms with Gasteiger partial charge in [0.25, 0.3) is 5.91 Å². The van der Waals surface area contributed by atoms with Crippen LogP contribution >= 0.6 is 23.2 Å². The number of pyridine rings is 1. The molecule has 0 fully saturated rings. The van der Waals surface area contributed by atoms with Crippen molar-refractivity contribution in [3.05, 3.63) is 93.2 Å². The van der Waals surface area contributed by atoms with Crippen molar-refractivity contribution in [3.8, 4) is 0 Å². The molecule has 0 spiro atoms. The molecule has 192 valence electrons. The lowest BCUT2D eigenvalue weighted by atomic mass is 9.95. The fourth-order valence-electron chi connectivity index (χ4n) is 3.95. The molecule has 3 N–H and O–H groups in total. The Bertz CT molecular complexity index is 1630. The van der Waals surface area contributed by atoms with E-state index in [0.29, 0.717) is 38.0 Å². The van der Waals surface area contributed by atoms with E-state index in [1.807, 2.05) is 0 Å². The first-order valence-electron chi connectivity index (χ1n) is 11.3. The van der Waals surface area contributed by atoms with Crippen molar-refractivity contribution in [2.45, 2.75) is 13.0 Å². The van der Waals surface area contributed by atoms with Gasteiger partial charge in [0.1, 0.15) is 17.4 Å². The molecule has 2 aromatic carbocycles. The Morgan fingerprint density at radius 2 is 1.87 bits per heavy atom. The zero-order valence-corrected chi connectivity index (χ0v) is 21.6. The Morgan fingerprint density at radius 3 is 2.63 bits per heavy atom. The number of ether oxygens (including phenoxy) is 1. The standard InChI is InChI=1S/C26H20Cl2N6O4/c1-13-20(23(35)32-19-12-14(10-11-29-19)24(36)37-2)21(15-6-3-4-7-16(15)27)33-25(30-13)34-26-31-18-9-5-8-17(28)22(18)38-26/h3-12,21H,1-2H3,(H,29,32,35)(H2,30,31,33,34). The summed E-state index contributed by atoms with van der Waals surface area (Å²) >= 11 is 12.7. The molecule has 1 amide bonds. The van der Waals surface area contributed by atoms with Crippen molar-refractivity contribution < 1.29 is 18.7 Å². The summed E-state index contributed by atoms with van der Waals surface area (Å²) < 4.78 is 10.5. The lowest BCUT2D eigenvalue weighted by Crippen LogP contribution is -2.37. The number of nitrogens with zero attached hydrogens (tertiary/aromatic N) is 3. The van der Waals surface area contributed by atoms with Crippen molar-refractivity contribution in [1.82, 2.24) is 15.3 Å². The molecule has 12 heteroatoms. The number of fused-ring (bicyclic) bond motifs is 1. The van der Waals surface area contributed by atoms with Crippen LogP contribution in [0.25, 0.3) is 11.1 Å². The summed E-state index contributed by atoms with van der Waals surface area (Å²) in [5.41, 5.74) is 2.67. The molecular weight excluding hydrogens is 531 g/mol. The number of allylic oxidation sites excluding steroid dienone is 1. The molecule has 1 aliphatic heterocycles. The van der Waals surface area contributed by atoms with Crippen molar-refractivity contribution in [2.24, 2.45) is 4.99 Å². The number of aromatic nitrogens is 2. The number of guanidine groups is 1. The number of anilines is 2. The molecule has 5 rings (SSSR count). The molecule has 4 aromatic rings. The monoisotopic (exact) mass is 550 g/mol. The van der Waals surface area contributed by atoms with Crippen LogP contribution in [0.15, 0.2) is 81.5 Å². The van der Waals surface area contributed by atoms with E-state index in [2.05, 4.69) is 25.9 Å². The third-order valence-corrected chi connectivity index (χ3v) is 6.34. The van der Waals surface area contributed by atoms with E-state index in [1.165, 1.54) is 25.4 Å². The van der Waals surface area contributed by atoms with Gasteiger partial charge in [0, 0.05) is 22.5 Å². The number of carbonyl (C=O) groups is 2. The number of methoxy groups -OCH3 is 1. The number of oxazole rings is 1. The maximum atomic E-state index is 13.5. The molecule has 0 saturated carbocycles. The van der Waals surface area contributed by atoms with Gasteiger partial charge in [-0.25, -0.2) is 14.8 Å². The Balaban J connectivity index is 1.48. The molecule has 2 aromatic heterocycles. The zero-order chi connectivity index (χ0) is 26.8. The van der Waals surface area contributed by atoms with Crippen LogP contribution < -0.4 is 16.0 Å². The summed E-state index contributed by atoms with van der Waals surface area (Å²) in [6.45, 7) is 1.73. The molecular formula is C26H20Cl2N6O4. The molecule has 0 radical (unpaired) electrons. The molecule has 10 nitrogen and oxygen atoms in total. The first-order valence-corrected chi connectivity index (χ1v) is 12.1. The SMILES string of the molecule is COC(=O)c1ccnc(NC(=O)C2=C(C)NC(Nc3nc4cccc(Cl)c4o3)=NC2c2ccccc2Cl)c1. The van der Waals surface area contributed by atoms with E-state index in [9.17, 15) is 9.59 Å². The smallest absolute Gasteiger partial charge is 0.338 e. The number of halogens is 2. The Morgan fingerprint density at radius 1 is 1.08 bits per heavy atom. The van der Waals surface area contributed by atoms with Crippen LogP contribution in [0.1, 0.15) is 28.9 Å². The fourth-order valence-corrected chi connectivity index (χ4v) is 4.40. The minimum atomic E-state index is -0.788. The predicted octanol–water partition coefficient (Wildman–Crippen LogP) is 5.34. The van der Waals surface area contributed by atoms with E-state index < -0.39 is 17.9 Å². The summed E-state index contributed by atoms with van der Waals surface area (Å²) in [4.78, 5) is 38.7. The second-order valence-corrected chi connectivity index (χ2v) is 8.99. The third kappa shape index (κ3) is 5.04. The number of hydrogen-bond donors (Lipinski definition) is 3. The zero-order valence-electron chi connectivity index (χ0n) is 20.1. The number of rotatable bonds is 5. The van der Waals surface area contributed by atoms with E-state index in [-0.39, 0.29) is 23.4 Å². The van der Waals surface area contributed by atoms with Gasteiger partial charge in [-0.1, -0.05) is 47.5 Å². The van der Waals surface area contributed by atoms with E-state index in [4.69, 9.17) is 37.3 Å². The molecule has 1 aliphatic rings. The van der Waals surface area contributed by atoms with Gasteiger partial charge in [-0.15, -0.1) is 0 Å². The lowest BCUT2D eigenvalue weighted by Gasteiger charge is -2.26. The van der Waals surface area contributed by atoms with Crippen molar-refractivity contribution in [2.75, 3.05) is 17.7 Å². The quantitative estimate of drug-likeness (QED) is 0.284. The minimum absolute atomic E-state index is 0.168. The molecule has 0 saturated heterocycles. The van der Waals surface area contributed by atoms with Crippen LogP contribution in [-0.4, -0.2) is 34.9 Å². The van der Waals surface area contributed by atoms with Gasteiger partial charge in [0.2, 0.25) is 5.96 Å². The Labute approximate surface area is 226 Å². The van der Waals surface area contributed by atoms with E-state index in [0.717, 1.165) is 0 Å². The molecule has 3 heterocycles. The summed E-state index contributed by atoms with van der Waals surface area (Å²) in [7, 11) is 1.27. The average molecular weight is 551 g/mol. The predicted molar refractivity (Wildman–Crippen MR) is 144 cm³/mol. The Hall–Kier alpha value is -4.41. The maximum absolute atomic E-state index is 13.5. The number of hydrogen-bond acceptors (Lipinski definition) is 9. The number of esters is 1. The van der Waals surface area contributed by atoms with Crippen LogP contribution in [0.2, 0.25) is 10.0 Å². The van der Waals surface area contributed by atoms with Gasteiger partial charge < -0.3 is 19.8 Å². The summed E-state index contributed by atoms with van der Waals surface area (Å²) in [5, 5.41) is 9.69. The number of benzene rings is 2. The van der Waals surface area contributed by atoms with Crippen LogP contribution in [0, 0.1) is 0 Å². The van der Waals surface area contributed by atoms with Gasteiger partial charge in [-0.3, -0.25) is 10.1 Å². The van der Waals surface area contributed by atoms with Crippen molar-refractivity contribution in [1.29, 1.82) is 0 Å². The van der Waals surface area contributed by atoms with Crippen LogP contribution in [0.3, 0.4) is 0 Å². The highest BCUT2D eigenvalue weighted by Gasteiger charge is 2.31. The first-order chi connectivity index (χ1) is 18.3. The third-order valence-electron chi connectivity index (χ3n) is 5.70. The highest BCUT2D eigenvalue weighted by Crippen LogP contribution is 2.35. The molecule has 0 bridgehead atoms. The van der Waals surface area contributed by atoms with Gasteiger partial charge >= 0.3 is 12.0 Å². The number of carbonyl (C=O) groups excluding carboxylic acids is 2.